The molecule has 3 aromatic heterocycles. The van der Waals surface area contributed by atoms with Crippen molar-refractivity contribution in [3.05, 3.63) is 187 Å². The van der Waals surface area contributed by atoms with Gasteiger partial charge in [-0.3, -0.25) is 0 Å². The molecule has 0 atom stereocenters. The molecular formula is C50H29N5. The predicted molar refractivity (Wildman–Crippen MR) is 224 cm³/mol. The SMILES string of the molecule is N#Cc1cc(-c2cccc(-n3c4ccccc4c4c(C#N)cccc43)c2)ccc1-n1c2ccccc2c2cc(-n3c4ccccc4c4ccccc43)ccc21. The van der Waals surface area contributed by atoms with Gasteiger partial charge in [0, 0.05) is 43.7 Å². The minimum atomic E-state index is 0.590. The maximum absolute atomic E-state index is 10.7. The van der Waals surface area contributed by atoms with Gasteiger partial charge < -0.3 is 13.7 Å². The van der Waals surface area contributed by atoms with Crippen LogP contribution in [0.2, 0.25) is 0 Å². The minimum absolute atomic E-state index is 0.590. The highest BCUT2D eigenvalue weighted by Gasteiger charge is 2.19. The summed E-state index contributed by atoms with van der Waals surface area (Å²) in [5.41, 5.74) is 12.6. The highest BCUT2D eigenvalue weighted by Crippen LogP contribution is 2.39. The average molecular weight is 700 g/mol. The first kappa shape index (κ1) is 30.7. The van der Waals surface area contributed by atoms with E-state index in [-0.39, 0.29) is 0 Å². The normalized spacial score (nSPS) is 11.6. The molecule has 5 nitrogen and oxygen atoms in total. The van der Waals surface area contributed by atoms with Crippen LogP contribution >= 0.6 is 0 Å². The third kappa shape index (κ3) is 4.45. The molecule has 8 aromatic carbocycles. The number of rotatable bonds is 4. The summed E-state index contributed by atoms with van der Waals surface area (Å²) >= 11 is 0. The zero-order valence-corrected chi connectivity index (χ0v) is 29.5. The van der Waals surface area contributed by atoms with E-state index >= 15 is 0 Å². The van der Waals surface area contributed by atoms with E-state index in [4.69, 9.17) is 0 Å². The molecule has 0 aliphatic carbocycles. The molecule has 0 unspecified atom stereocenters. The van der Waals surface area contributed by atoms with E-state index in [1.165, 1.54) is 21.8 Å². The Morgan fingerprint density at radius 3 is 1.53 bits per heavy atom. The summed E-state index contributed by atoms with van der Waals surface area (Å²) in [5, 5.41) is 27.4. The second-order valence-electron chi connectivity index (χ2n) is 14.0. The van der Waals surface area contributed by atoms with E-state index < -0.39 is 0 Å². The van der Waals surface area contributed by atoms with Crippen molar-refractivity contribution in [2.24, 2.45) is 0 Å². The Hall–Kier alpha value is -7.86. The zero-order valence-electron chi connectivity index (χ0n) is 29.5. The Kier molecular flexibility index (Phi) is 6.61. The first-order valence-corrected chi connectivity index (χ1v) is 18.3. The molecule has 0 aliphatic rings. The number of nitrogens with zero attached hydrogens (tertiary/aromatic N) is 5. The van der Waals surface area contributed by atoms with Gasteiger partial charge in [0.15, 0.2) is 0 Å². The number of para-hydroxylation sites is 4. The molecule has 0 saturated heterocycles. The van der Waals surface area contributed by atoms with Crippen LogP contribution in [0, 0.1) is 22.7 Å². The third-order valence-electron chi connectivity index (χ3n) is 11.1. The molecule has 0 N–H and O–H groups in total. The summed E-state index contributed by atoms with van der Waals surface area (Å²) in [4.78, 5) is 0. The number of aromatic nitrogens is 3. The molecule has 0 amide bonds. The van der Waals surface area contributed by atoms with E-state index in [2.05, 4.69) is 171 Å². The molecule has 5 heteroatoms. The molecule has 3 heterocycles. The van der Waals surface area contributed by atoms with E-state index in [1.807, 2.05) is 30.3 Å². The Balaban J connectivity index is 1.06. The lowest BCUT2D eigenvalue weighted by molar-refractivity contribution is 1.16. The summed E-state index contributed by atoms with van der Waals surface area (Å²) < 4.78 is 6.80. The van der Waals surface area contributed by atoms with Gasteiger partial charge in [-0.05, 0) is 90.0 Å². The molecule has 0 radical (unpaired) electrons. The summed E-state index contributed by atoms with van der Waals surface area (Å²) in [7, 11) is 0. The summed E-state index contributed by atoms with van der Waals surface area (Å²) in [6.07, 6.45) is 0. The highest BCUT2D eigenvalue weighted by molar-refractivity contribution is 6.13. The minimum Gasteiger partial charge on any atom is -0.309 e. The second kappa shape index (κ2) is 11.8. The Morgan fingerprint density at radius 2 is 0.836 bits per heavy atom. The Bertz CT molecular complexity index is 3420. The first-order chi connectivity index (χ1) is 27.2. The number of benzene rings is 8. The molecule has 11 aromatic rings. The van der Waals surface area contributed by atoms with Gasteiger partial charge in [0.05, 0.1) is 56.0 Å². The maximum atomic E-state index is 10.7. The molecular weight excluding hydrogens is 671 g/mol. The highest BCUT2D eigenvalue weighted by atomic mass is 15.0. The van der Waals surface area contributed by atoms with Crippen LogP contribution in [0.3, 0.4) is 0 Å². The topological polar surface area (TPSA) is 62.4 Å². The van der Waals surface area contributed by atoms with Crippen molar-refractivity contribution >= 4 is 65.4 Å². The van der Waals surface area contributed by atoms with Crippen LogP contribution in [-0.2, 0) is 0 Å². The van der Waals surface area contributed by atoms with Gasteiger partial charge in [0.25, 0.3) is 0 Å². The number of nitriles is 2. The maximum Gasteiger partial charge on any atom is 0.101 e. The van der Waals surface area contributed by atoms with Gasteiger partial charge in [-0.1, -0.05) is 97.1 Å². The van der Waals surface area contributed by atoms with Crippen LogP contribution in [0.1, 0.15) is 11.1 Å². The lowest BCUT2D eigenvalue weighted by Gasteiger charge is -2.14. The van der Waals surface area contributed by atoms with Crippen molar-refractivity contribution in [2.45, 2.75) is 0 Å². The van der Waals surface area contributed by atoms with Crippen molar-refractivity contribution < 1.29 is 0 Å². The van der Waals surface area contributed by atoms with Crippen LogP contribution < -0.4 is 0 Å². The molecule has 0 fully saturated rings. The van der Waals surface area contributed by atoms with E-state index in [1.54, 1.807) is 0 Å². The van der Waals surface area contributed by atoms with Crippen LogP contribution in [0.15, 0.2) is 176 Å². The van der Waals surface area contributed by atoms with Gasteiger partial charge in [-0.25, -0.2) is 0 Å². The number of fused-ring (bicyclic) bond motifs is 9. The fourth-order valence-corrected chi connectivity index (χ4v) is 8.78. The van der Waals surface area contributed by atoms with Crippen LogP contribution in [-0.4, -0.2) is 13.7 Å². The van der Waals surface area contributed by atoms with Crippen molar-refractivity contribution in [1.29, 1.82) is 10.5 Å². The second-order valence-corrected chi connectivity index (χ2v) is 14.0. The van der Waals surface area contributed by atoms with Crippen LogP contribution in [0.4, 0.5) is 0 Å². The van der Waals surface area contributed by atoms with E-state index in [0.717, 1.165) is 71.8 Å². The summed E-state index contributed by atoms with van der Waals surface area (Å²) in [5.74, 6) is 0. The molecule has 11 rings (SSSR count). The van der Waals surface area contributed by atoms with Crippen LogP contribution in [0.5, 0.6) is 0 Å². The van der Waals surface area contributed by atoms with E-state index in [9.17, 15) is 10.5 Å². The lowest BCUT2D eigenvalue weighted by Crippen LogP contribution is -1.99. The Morgan fingerprint density at radius 1 is 0.327 bits per heavy atom. The fourth-order valence-electron chi connectivity index (χ4n) is 8.78. The third-order valence-corrected chi connectivity index (χ3v) is 11.1. The van der Waals surface area contributed by atoms with Crippen LogP contribution in [0.25, 0.3) is 93.6 Å². The van der Waals surface area contributed by atoms with Gasteiger partial charge in [-0.2, -0.15) is 10.5 Å². The Labute approximate surface area is 316 Å². The van der Waals surface area contributed by atoms with Gasteiger partial charge in [-0.15, -0.1) is 0 Å². The summed E-state index contributed by atoms with van der Waals surface area (Å²) in [6, 6.07) is 65.9. The molecule has 0 aliphatic heterocycles. The molecule has 0 spiro atoms. The quantitative estimate of drug-likeness (QED) is 0.184. The van der Waals surface area contributed by atoms with Crippen molar-refractivity contribution in [3.8, 4) is 40.3 Å². The lowest BCUT2D eigenvalue weighted by atomic mass is 10.0. The van der Waals surface area contributed by atoms with Crippen molar-refractivity contribution in [3.63, 3.8) is 0 Å². The summed E-state index contributed by atoms with van der Waals surface area (Å²) in [6.45, 7) is 0. The molecule has 254 valence electrons. The van der Waals surface area contributed by atoms with Gasteiger partial charge in [0.1, 0.15) is 6.07 Å². The molecule has 55 heavy (non-hydrogen) atoms. The van der Waals surface area contributed by atoms with Crippen molar-refractivity contribution in [2.75, 3.05) is 0 Å². The monoisotopic (exact) mass is 699 g/mol. The fraction of sp³-hybridized carbons (Fsp3) is 0. The first-order valence-electron chi connectivity index (χ1n) is 18.3. The number of hydrogen-bond acceptors (Lipinski definition) is 2. The largest absolute Gasteiger partial charge is 0.309 e. The average Bonchev–Trinajstić information content (AvgIpc) is 3.89. The smallest absolute Gasteiger partial charge is 0.101 e. The standard InChI is InChI=1S/C50H29N5/c51-30-34-12-10-22-49-50(34)41-17-4-8-21-47(41)54(49)36-13-9-11-32(28-36)33-23-25-43(35(27-33)31-52)55-46-20-7-3-16-40(46)42-29-37(24-26-48(42)55)53-44-18-5-1-14-38(44)39-15-2-6-19-45(39)53/h1-29H. The van der Waals surface area contributed by atoms with E-state index in [0.29, 0.717) is 11.1 Å². The molecule has 0 saturated carbocycles. The van der Waals surface area contributed by atoms with Gasteiger partial charge >= 0.3 is 0 Å². The van der Waals surface area contributed by atoms with Gasteiger partial charge in [0.2, 0.25) is 0 Å². The van der Waals surface area contributed by atoms with Crippen molar-refractivity contribution in [1.82, 2.24) is 13.7 Å². The molecule has 0 bridgehead atoms. The predicted octanol–water partition coefficient (Wildman–Crippen LogP) is 12.4. The number of hydrogen-bond donors (Lipinski definition) is 0. The zero-order chi connectivity index (χ0) is 36.6.